The minimum Gasteiger partial charge on any atom is -1.00 e. The number of rotatable bonds is 0. The average molecular weight is 135 g/mol. The van der Waals surface area contributed by atoms with Crippen molar-refractivity contribution >= 4 is 35.4 Å². The summed E-state index contributed by atoms with van der Waals surface area (Å²) >= 11 is 0. The van der Waals surface area contributed by atoms with Crippen LogP contribution in [0.5, 0.6) is 0 Å². The Morgan fingerprint density at radius 3 is 1.50 bits per heavy atom. The van der Waals surface area contributed by atoms with E-state index in [1.165, 1.54) is 0 Å². The van der Waals surface area contributed by atoms with Gasteiger partial charge in [0.15, 0.2) is 0 Å². The maximum absolute atomic E-state index is 10.7. The van der Waals surface area contributed by atoms with Gasteiger partial charge in [0.05, 0.1) is 0 Å². The van der Waals surface area contributed by atoms with Crippen LogP contribution in [0.15, 0.2) is 0 Å². The molecule has 8 heavy (non-hydrogen) atoms. The monoisotopic (exact) mass is 135 g/mol. The number of carbonyl (C=O) groups is 2. The summed E-state index contributed by atoms with van der Waals surface area (Å²) < 4.78 is 21.5. The van der Waals surface area contributed by atoms with E-state index in [1.807, 2.05) is 0 Å². The van der Waals surface area contributed by atoms with Gasteiger partial charge in [-0.15, -0.1) is 8.78 Å². The molecule has 0 saturated carbocycles. The topological polar surface area (TPSA) is 46.2 Å². The molecule has 0 saturated heterocycles. The minimum absolute atomic E-state index is 0. The molecular formula is C2H3F2MgNO2. The zero-order valence-electron chi connectivity index (χ0n) is 5.78. The Labute approximate surface area is 62.5 Å². The van der Waals surface area contributed by atoms with Gasteiger partial charge >= 0.3 is 35.4 Å². The van der Waals surface area contributed by atoms with Crippen LogP contribution in [0.3, 0.4) is 0 Å². The Hall–Kier alpha value is -0.234. The van der Waals surface area contributed by atoms with E-state index in [1.54, 1.807) is 0 Å². The second-order valence-corrected chi connectivity index (χ2v) is 0.672. The fourth-order valence-corrected chi connectivity index (χ4v) is 0.0773. The van der Waals surface area contributed by atoms with E-state index >= 15 is 0 Å². The van der Waals surface area contributed by atoms with E-state index in [4.69, 9.17) is 9.59 Å². The van der Waals surface area contributed by atoms with E-state index in [9.17, 15) is 8.78 Å². The van der Waals surface area contributed by atoms with Crippen LogP contribution in [0.4, 0.5) is 18.4 Å². The van der Waals surface area contributed by atoms with Crippen LogP contribution in [-0.2, 0) is 0 Å². The Kier molecular flexibility index (Phi) is 6.57. The van der Waals surface area contributed by atoms with Crippen molar-refractivity contribution in [2.45, 2.75) is 0 Å². The summed E-state index contributed by atoms with van der Waals surface area (Å²) in [5.74, 6) is 0. The SMILES string of the molecule is O=C(F)NC(=O)F.[H-].[H-].[Mg+2]. The Morgan fingerprint density at radius 1 is 1.25 bits per heavy atom. The van der Waals surface area contributed by atoms with Crippen molar-refractivity contribution in [2.75, 3.05) is 0 Å². The third-order valence-electron chi connectivity index (χ3n) is 0.197. The third-order valence-corrected chi connectivity index (χ3v) is 0.197. The fraction of sp³-hybridized carbons (Fsp3) is 0. The summed E-state index contributed by atoms with van der Waals surface area (Å²) in [5, 5.41) is 0.694. The summed E-state index contributed by atoms with van der Waals surface area (Å²) in [5.41, 5.74) is 0. The number of hydrogen-bond donors (Lipinski definition) is 1. The van der Waals surface area contributed by atoms with Crippen LogP contribution < -0.4 is 5.32 Å². The molecular weight excluding hydrogens is 132 g/mol. The van der Waals surface area contributed by atoms with E-state index in [0.717, 1.165) is 0 Å². The first kappa shape index (κ1) is 10.7. The van der Waals surface area contributed by atoms with Crippen LogP contribution in [-0.4, -0.2) is 35.4 Å². The van der Waals surface area contributed by atoms with Gasteiger partial charge in [0.25, 0.3) is 0 Å². The van der Waals surface area contributed by atoms with Gasteiger partial charge in [-0.2, -0.15) is 0 Å². The van der Waals surface area contributed by atoms with Crippen LogP contribution in [0.1, 0.15) is 2.85 Å². The van der Waals surface area contributed by atoms with E-state index in [2.05, 4.69) is 0 Å². The van der Waals surface area contributed by atoms with Gasteiger partial charge in [-0.05, 0) is 0 Å². The van der Waals surface area contributed by atoms with Crippen molar-refractivity contribution < 1.29 is 21.2 Å². The number of carbonyl (C=O) groups excluding carboxylic acids is 2. The van der Waals surface area contributed by atoms with Crippen molar-refractivity contribution in [3.05, 3.63) is 0 Å². The molecule has 0 rings (SSSR count). The van der Waals surface area contributed by atoms with Crippen molar-refractivity contribution in [1.82, 2.24) is 5.32 Å². The molecule has 0 bridgehead atoms. The second-order valence-electron chi connectivity index (χ2n) is 0.672. The summed E-state index contributed by atoms with van der Waals surface area (Å²) in [4.78, 5) is 18.0. The van der Waals surface area contributed by atoms with Gasteiger partial charge in [0.2, 0.25) is 0 Å². The molecule has 1 N–H and O–H groups in total. The van der Waals surface area contributed by atoms with Crippen molar-refractivity contribution in [3.8, 4) is 0 Å². The molecule has 3 nitrogen and oxygen atoms in total. The molecule has 0 aromatic rings. The van der Waals surface area contributed by atoms with Gasteiger partial charge in [0, 0.05) is 0 Å². The normalized spacial score (nSPS) is 6.75. The van der Waals surface area contributed by atoms with Crippen molar-refractivity contribution in [3.63, 3.8) is 0 Å². The van der Waals surface area contributed by atoms with Crippen LogP contribution >= 0.6 is 0 Å². The molecule has 44 valence electrons. The molecule has 0 spiro atoms. The van der Waals surface area contributed by atoms with Gasteiger partial charge in [0.1, 0.15) is 0 Å². The van der Waals surface area contributed by atoms with E-state index < -0.39 is 12.3 Å². The first-order chi connectivity index (χ1) is 3.13. The number of imide groups is 1. The molecule has 0 unspecified atom stereocenters. The number of nitrogens with one attached hydrogen (secondary N) is 1. The predicted molar refractivity (Wildman–Crippen MR) is 24.1 cm³/mol. The summed E-state index contributed by atoms with van der Waals surface area (Å²) in [6.45, 7) is 0. The number of amides is 2. The second kappa shape index (κ2) is 4.91. The standard InChI is InChI=1S/C2HF2NO2.Mg.2H/c3-1(6)5-2(4)7;;;/h(H,5,6,7);;;/q;+2;2*-1. The number of hydrogen-bond acceptors (Lipinski definition) is 2. The maximum Gasteiger partial charge on any atom is 2.00 e. The summed E-state index contributed by atoms with van der Waals surface area (Å²) in [6, 6.07) is 0. The molecule has 0 heterocycles. The van der Waals surface area contributed by atoms with Gasteiger partial charge in [-0.25, -0.2) is 14.9 Å². The van der Waals surface area contributed by atoms with E-state index in [0.29, 0.717) is 5.32 Å². The maximum atomic E-state index is 10.7. The van der Waals surface area contributed by atoms with Crippen molar-refractivity contribution in [2.24, 2.45) is 0 Å². The molecule has 0 atom stereocenters. The van der Waals surface area contributed by atoms with Crippen LogP contribution in [0.2, 0.25) is 0 Å². The molecule has 0 radical (unpaired) electrons. The number of halogens is 2. The molecule has 0 aliphatic rings. The van der Waals surface area contributed by atoms with Crippen molar-refractivity contribution in [1.29, 1.82) is 0 Å². The average Bonchev–Trinajstić information content (AvgIpc) is 1.27. The first-order valence-corrected chi connectivity index (χ1v) is 1.29. The molecule has 6 heteroatoms. The molecule has 0 aliphatic heterocycles. The Bertz CT molecular complexity index is 101. The third kappa shape index (κ3) is 9.23. The zero-order valence-corrected chi connectivity index (χ0v) is 5.19. The fourth-order valence-electron chi connectivity index (χ4n) is 0.0773. The molecule has 0 aromatic carbocycles. The molecule has 0 fully saturated rings. The van der Waals surface area contributed by atoms with Gasteiger partial charge < -0.3 is 2.85 Å². The summed E-state index contributed by atoms with van der Waals surface area (Å²) in [7, 11) is 0. The zero-order chi connectivity index (χ0) is 5.86. The van der Waals surface area contributed by atoms with Gasteiger partial charge in [-0.3, -0.25) is 0 Å². The van der Waals surface area contributed by atoms with Gasteiger partial charge in [-0.1, -0.05) is 0 Å². The largest absolute Gasteiger partial charge is 2.00 e. The smallest absolute Gasteiger partial charge is 1.00 e. The van der Waals surface area contributed by atoms with E-state index in [-0.39, 0.29) is 25.9 Å². The quantitative estimate of drug-likeness (QED) is 0.300. The molecule has 0 aliphatic carbocycles. The summed E-state index contributed by atoms with van der Waals surface area (Å²) in [6.07, 6.45) is -4.37. The predicted octanol–water partition coefficient (Wildman–Crippen LogP) is 0.599. The Morgan fingerprint density at radius 2 is 1.50 bits per heavy atom. The minimum atomic E-state index is -2.19. The van der Waals surface area contributed by atoms with Crippen LogP contribution in [0.25, 0.3) is 0 Å². The first-order valence-electron chi connectivity index (χ1n) is 1.29. The van der Waals surface area contributed by atoms with Crippen LogP contribution in [0, 0.1) is 0 Å². The molecule has 0 aromatic heterocycles. The Balaban J connectivity index is -0.0000000600. The molecule has 2 amide bonds.